The lowest BCUT2D eigenvalue weighted by atomic mass is 10.1. The minimum atomic E-state index is -4.47. The second-order valence-electron chi connectivity index (χ2n) is 5.42. The second kappa shape index (κ2) is 7.46. The van der Waals surface area contributed by atoms with Crippen LogP contribution in [0.1, 0.15) is 21.5 Å². The van der Waals surface area contributed by atoms with Crippen LogP contribution in [0.25, 0.3) is 0 Å². The molecule has 2 aromatic rings. The van der Waals surface area contributed by atoms with E-state index >= 15 is 0 Å². The molecule has 0 atom stereocenters. The summed E-state index contributed by atoms with van der Waals surface area (Å²) in [5.41, 5.74) is -0.457. The molecule has 0 unspecified atom stereocenters. The number of nitrogens with zero attached hydrogens (tertiary/aromatic N) is 1. The third-order valence-electron chi connectivity index (χ3n) is 3.68. The Balaban J connectivity index is 2.28. The summed E-state index contributed by atoms with van der Waals surface area (Å²) in [6.45, 7) is -0.173. The molecule has 0 aromatic heterocycles. The number of benzene rings is 2. The van der Waals surface area contributed by atoms with Crippen molar-refractivity contribution >= 4 is 5.91 Å². The zero-order valence-corrected chi connectivity index (χ0v) is 14.1. The Morgan fingerprint density at radius 3 is 2.12 bits per heavy atom. The van der Waals surface area contributed by atoms with Gasteiger partial charge in [-0.1, -0.05) is 18.2 Å². The molecule has 0 heterocycles. The Morgan fingerprint density at radius 1 is 1.04 bits per heavy atom. The molecule has 0 fully saturated rings. The first kappa shape index (κ1) is 18.6. The molecule has 0 N–H and O–H groups in total. The zero-order valence-electron chi connectivity index (χ0n) is 14.1. The average Bonchev–Trinajstić information content (AvgIpc) is 2.60. The van der Waals surface area contributed by atoms with Gasteiger partial charge in [-0.2, -0.15) is 13.2 Å². The highest BCUT2D eigenvalue weighted by molar-refractivity contribution is 5.95. The molecular formula is C18H18F3NO3. The molecule has 25 heavy (non-hydrogen) atoms. The summed E-state index contributed by atoms with van der Waals surface area (Å²) in [7, 11) is 4.35. The molecule has 134 valence electrons. The Morgan fingerprint density at radius 2 is 1.60 bits per heavy atom. The van der Waals surface area contributed by atoms with Crippen LogP contribution in [-0.2, 0) is 12.7 Å². The molecule has 0 aliphatic carbocycles. The van der Waals surface area contributed by atoms with Crippen LogP contribution in [0.4, 0.5) is 13.2 Å². The van der Waals surface area contributed by atoms with Gasteiger partial charge in [0, 0.05) is 25.2 Å². The van der Waals surface area contributed by atoms with E-state index in [9.17, 15) is 18.0 Å². The van der Waals surface area contributed by atoms with Gasteiger partial charge in [0.15, 0.2) is 0 Å². The van der Waals surface area contributed by atoms with Gasteiger partial charge >= 0.3 is 6.18 Å². The highest BCUT2D eigenvalue weighted by atomic mass is 19.4. The van der Waals surface area contributed by atoms with Crippen molar-refractivity contribution in [2.45, 2.75) is 12.7 Å². The fourth-order valence-electron chi connectivity index (χ4n) is 2.41. The third kappa shape index (κ3) is 4.43. The number of hydrogen-bond acceptors (Lipinski definition) is 3. The van der Waals surface area contributed by atoms with Crippen molar-refractivity contribution in [1.29, 1.82) is 0 Å². The highest BCUT2D eigenvalue weighted by Crippen LogP contribution is 2.32. The lowest BCUT2D eigenvalue weighted by Gasteiger charge is -2.21. The number of hydrogen-bond donors (Lipinski definition) is 0. The summed E-state index contributed by atoms with van der Waals surface area (Å²) in [6, 6.07) is 9.82. The predicted octanol–water partition coefficient (Wildman–Crippen LogP) is 3.99. The lowest BCUT2D eigenvalue weighted by Crippen LogP contribution is -2.27. The smallest absolute Gasteiger partial charge is 0.416 e. The average molecular weight is 353 g/mol. The second-order valence-corrected chi connectivity index (χ2v) is 5.42. The van der Waals surface area contributed by atoms with Crippen molar-refractivity contribution in [2.24, 2.45) is 0 Å². The number of alkyl halides is 3. The van der Waals surface area contributed by atoms with Gasteiger partial charge in [0.25, 0.3) is 5.91 Å². The minimum absolute atomic E-state index is 0.0284. The van der Waals surface area contributed by atoms with E-state index in [1.807, 2.05) is 0 Å². The van der Waals surface area contributed by atoms with Gasteiger partial charge < -0.3 is 14.4 Å². The molecule has 0 saturated carbocycles. The van der Waals surface area contributed by atoms with E-state index in [2.05, 4.69) is 0 Å². The molecule has 0 bridgehead atoms. The molecule has 0 spiro atoms. The summed E-state index contributed by atoms with van der Waals surface area (Å²) < 4.78 is 49.5. The Kier molecular flexibility index (Phi) is 5.56. The fraction of sp³-hybridized carbons (Fsp3) is 0.278. The van der Waals surface area contributed by atoms with E-state index in [1.54, 1.807) is 6.07 Å². The Hall–Kier alpha value is -2.70. The van der Waals surface area contributed by atoms with Crippen molar-refractivity contribution in [2.75, 3.05) is 21.3 Å². The van der Waals surface area contributed by atoms with E-state index < -0.39 is 17.6 Å². The maximum atomic E-state index is 13.1. The SMILES string of the molecule is COc1cc(OC)cc(C(=O)N(C)Cc2ccccc2C(F)(F)F)c1. The van der Waals surface area contributed by atoms with Crippen LogP contribution < -0.4 is 9.47 Å². The lowest BCUT2D eigenvalue weighted by molar-refractivity contribution is -0.138. The normalized spacial score (nSPS) is 11.1. The van der Waals surface area contributed by atoms with Gasteiger partial charge in [0.1, 0.15) is 11.5 Å². The van der Waals surface area contributed by atoms with E-state index in [0.717, 1.165) is 6.07 Å². The Labute approximate surface area is 143 Å². The van der Waals surface area contributed by atoms with Gasteiger partial charge in [0.2, 0.25) is 0 Å². The van der Waals surface area contributed by atoms with Gasteiger partial charge in [-0.3, -0.25) is 4.79 Å². The largest absolute Gasteiger partial charge is 0.497 e. The summed E-state index contributed by atoms with van der Waals surface area (Å²) in [5.74, 6) is 0.410. The van der Waals surface area contributed by atoms with Gasteiger partial charge in [-0.05, 0) is 23.8 Å². The van der Waals surface area contributed by atoms with Crippen LogP contribution in [0, 0.1) is 0 Å². The zero-order chi connectivity index (χ0) is 18.6. The molecule has 4 nitrogen and oxygen atoms in total. The number of halogens is 3. The van der Waals surface area contributed by atoms with E-state index in [-0.39, 0.29) is 17.7 Å². The van der Waals surface area contributed by atoms with Gasteiger partial charge in [-0.15, -0.1) is 0 Å². The molecule has 0 radical (unpaired) electrons. The molecule has 1 amide bonds. The summed E-state index contributed by atoms with van der Waals surface area (Å²) in [5, 5.41) is 0. The van der Waals surface area contributed by atoms with Crippen LogP contribution >= 0.6 is 0 Å². The van der Waals surface area contributed by atoms with Crippen LogP contribution in [0.5, 0.6) is 11.5 Å². The van der Waals surface area contributed by atoms with Crippen molar-refractivity contribution in [3.63, 3.8) is 0 Å². The number of amides is 1. The van der Waals surface area contributed by atoms with Crippen LogP contribution in [0.3, 0.4) is 0 Å². The van der Waals surface area contributed by atoms with Crippen molar-refractivity contribution < 1.29 is 27.4 Å². The summed E-state index contributed by atoms with van der Waals surface area (Å²) in [6.07, 6.45) is -4.47. The van der Waals surface area contributed by atoms with Crippen molar-refractivity contribution in [1.82, 2.24) is 4.90 Å². The first-order chi connectivity index (χ1) is 11.8. The van der Waals surface area contributed by atoms with E-state index in [0.29, 0.717) is 11.5 Å². The first-order valence-corrected chi connectivity index (χ1v) is 7.40. The summed E-state index contributed by atoms with van der Waals surface area (Å²) >= 11 is 0. The van der Waals surface area contributed by atoms with E-state index in [1.165, 1.54) is 56.5 Å². The molecule has 0 saturated heterocycles. The predicted molar refractivity (Wildman–Crippen MR) is 86.8 cm³/mol. The van der Waals surface area contributed by atoms with Crippen LogP contribution in [0.15, 0.2) is 42.5 Å². The quantitative estimate of drug-likeness (QED) is 0.816. The molecule has 0 aliphatic rings. The number of rotatable bonds is 5. The molecule has 7 heteroatoms. The standard InChI is InChI=1S/C18H18F3NO3/c1-22(11-12-6-4-5-7-16(12)18(19,20)21)17(23)13-8-14(24-2)10-15(9-13)25-3/h4-10H,11H2,1-3H3. The fourth-order valence-corrected chi connectivity index (χ4v) is 2.41. The molecule has 2 rings (SSSR count). The number of carbonyl (C=O) groups excluding carboxylic acids is 1. The molecule has 2 aromatic carbocycles. The van der Waals surface area contributed by atoms with Crippen LogP contribution in [-0.4, -0.2) is 32.1 Å². The highest BCUT2D eigenvalue weighted by Gasteiger charge is 2.33. The van der Waals surface area contributed by atoms with Crippen molar-refractivity contribution in [3.05, 3.63) is 59.2 Å². The maximum absolute atomic E-state index is 13.1. The van der Waals surface area contributed by atoms with Gasteiger partial charge in [0.05, 0.1) is 19.8 Å². The Bertz CT molecular complexity index is 737. The first-order valence-electron chi connectivity index (χ1n) is 7.40. The maximum Gasteiger partial charge on any atom is 0.416 e. The molecular weight excluding hydrogens is 335 g/mol. The number of ether oxygens (including phenoxy) is 2. The van der Waals surface area contributed by atoms with Crippen LogP contribution in [0.2, 0.25) is 0 Å². The summed E-state index contributed by atoms with van der Waals surface area (Å²) in [4.78, 5) is 13.8. The number of carbonyl (C=O) groups is 1. The van der Waals surface area contributed by atoms with Crippen molar-refractivity contribution in [3.8, 4) is 11.5 Å². The van der Waals surface area contributed by atoms with E-state index in [4.69, 9.17) is 9.47 Å². The molecule has 0 aliphatic heterocycles. The monoisotopic (exact) mass is 353 g/mol. The number of methoxy groups -OCH3 is 2. The topological polar surface area (TPSA) is 38.8 Å². The third-order valence-corrected chi connectivity index (χ3v) is 3.68. The van der Waals surface area contributed by atoms with Gasteiger partial charge in [-0.25, -0.2) is 0 Å². The minimum Gasteiger partial charge on any atom is -0.497 e.